The molecule has 21 heavy (non-hydrogen) atoms. The summed E-state index contributed by atoms with van der Waals surface area (Å²) < 4.78 is 0. The maximum absolute atomic E-state index is 9.67. The predicted molar refractivity (Wildman–Crippen MR) is 88.2 cm³/mol. The van der Waals surface area contributed by atoms with E-state index >= 15 is 0 Å². The van der Waals surface area contributed by atoms with Crippen molar-refractivity contribution in [3.8, 4) is 0 Å². The Labute approximate surface area is 128 Å². The Bertz CT molecular complexity index is 630. The van der Waals surface area contributed by atoms with E-state index in [0.29, 0.717) is 5.95 Å². The van der Waals surface area contributed by atoms with Crippen LogP contribution in [0.3, 0.4) is 0 Å². The summed E-state index contributed by atoms with van der Waals surface area (Å²) in [6.45, 7) is 5.22. The number of nitrogens with one attached hydrogen (secondary N) is 2. The van der Waals surface area contributed by atoms with Gasteiger partial charge in [0.2, 0.25) is 5.95 Å². The van der Waals surface area contributed by atoms with Crippen molar-refractivity contribution in [3.63, 3.8) is 0 Å². The second-order valence-electron chi connectivity index (χ2n) is 5.82. The number of nitrogens with zero attached hydrogens (tertiary/aromatic N) is 2. The third kappa shape index (κ3) is 2.82. The Kier molecular flexibility index (Phi) is 3.99. The summed E-state index contributed by atoms with van der Waals surface area (Å²) in [6.07, 6.45) is 4.19. The minimum absolute atomic E-state index is 0.152. The van der Waals surface area contributed by atoms with Crippen LogP contribution in [0, 0.1) is 6.92 Å². The zero-order chi connectivity index (χ0) is 14.9. The van der Waals surface area contributed by atoms with E-state index in [-0.39, 0.29) is 12.1 Å². The van der Waals surface area contributed by atoms with Crippen LogP contribution in [0.4, 0.5) is 11.8 Å². The van der Waals surface area contributed by atoms with Gasteiger partial charge < -0.3 is 15.7 Å². The molecular weight excluding hydrogens is 284 g/mol. The van der Waals surface area contributed by atoms with Crippen molar-refractivity contribution < 1.29 is 5.11 Å². The van der Waals surface area contributed by atoms with Crippen LogP contribution in [0.15, 0.2) is 6.07 Å². The average Bonchev–Trinajstić information content (AvgIpc) is 2.81. The van der Waals surface area contributed by atoms with Crippen LogP contribution in [0.25, 0.3) is 10.2 Å². The van der Waals surface area contributed by atoms with Crippen molar-refractivity contribution in [2.24, 2.45) is 0 Å². The zero-order valence-corrected chi connectivity index (χ0v) is 13.4. The SMILES string of the molecule is CCCNc1nc(NC2(CO)CCC2)c2cc(C)sc2n1. The van der Waals surface area contributed by atoms with E-state index in [2.05, 4.69) is 40.5 Å². The van der Waals surface area contributed by atoms with Gasteiger partial charge in [0.05, 0.1) is 17.5 Å². The van der Waals surface area contributed by atoms with Crippen LogP contribution in [-0.4, -0.2) is 33.8 Å². The summed E-state index contributed by atoms with van der Waals surface area (Å²) in [4.78, 5) is 11.4. The molecule has 0 atom stereocenters. The summed E-state index contributed by atoms with van der Waals surface area (Å²) in [5, 5.41) is 17.5. The highest BCUT2D eigenvalue weighted by atomic mass is 32.1. The van der Waals surface area contributed by atoms with Crippen LogP contribution in [-0.2, 0) is 0 Å². The maximum atomic E-state index is 9.67. The largest absolute Gasteiger partial charge is 0.394 e. The molecule has 1 aliphatic carbocycles. The first kappa shape index (κ1) is 14.5. The van der Waals surface area contributed by atoms with E-state index in [1.165, 1.54) is 4.88 Å². The van der Waals surface area contributed by atoms with Gasteiger partial charge in [-0.3, -0.25) is 0 Å². The molecule has 0 bridgehead atoms. The number of aromatic nitrogens is 2. The topological polar surface area (TPSA) is 70.1 Å². The summed E-state index contributed by atoms with van der Waals surface area (Å²) >= 11 is 1.68. The summed E-state index contributed by atoms with van der Waals surface area (Å²) in [5.74, 6) is 1.51. The van der Waals surface area contributed by atoms with E-state index in [1.54, 1.807) is 11.3 Å². The van der Waals surface area contributed by atoms with E-state index < -0.39 is 0 Å². The lowest BCUT2D eigenvalue weighted by Crippen LogP contribution is -2.48. The number of aliphatic hydroxyl groups is 1. The lowest BCUT2D eigenvalue weighted by atomic mass is 9.77. The number of rotatable bonds is 6. The summed E-state index contributed by atoms with van der Waals surface area (Å²) in [5.41, 5.74) is -0.195. The van der Waals surface area contributed by atoms with Gasteiger partial charge >= 0.3 is 0 Å². The number of aryl methyl sites for hydroxylation is 1. The van der Waals surface area contributed by atoms with Crippen molar-refractivity contribution in [2.45, 2.75) is 45.1 Å². The fourth-order valence-electron chi connectivity index (χ4n) is 2.63. The fraction of sp³-hybridized carbons (Fsp3) is 0.600. The number of aliphatic hydroxyl groups excluding tert-OH is 1. The van der Waals surface area contributed by atoms with Gasteiger partial charge in [0.25, 0.3) is 0 Å². The lowest BCUT2D eigenvalue weighted by molar-refractivity contribution is 0.144. The molecule has 1 fully saturated rings. The van der Waals surface area contributed by atoms with Crippen molar-refractivity contribution in [3.05, 3.63) is 10.9 Å². The number of hydrogen-bond donors (Lipinski definition) is 3. The third-order valence-corrected chi connectivity index (χ3v) is 4.99. The number of fused-ring (bicyclic) bond motifs is 1. The highest BCUT2D eigenvalue weighted by Crippen LogP contribution is 2.37. The van der Waals surface area contributed by atoms with Crippen molar-refractivity contribution >= 4 is 33.3 Å². The van der Waals surface area contributed by atoms with Crippen LogP contribution < -0.4 is 10.6 Å². The normalized spacial score (nSPS) is 16.7. The summed E-state index contributed by atoms with van der Waals surface area (Å²) in [6, 6.07) is 2.12. The van der Waals surface area contributed by atoms with Gasteiger partial charge in [-0.1, -0.05) is 6.92 Å². The second kappa shape index (κ2) is 5.77. The molecule has 0 spiro atoms. The molecule has 2 aromatic heterocycles. The van der Waals surface area contributed by atoms with E-state index in [4.69, 9.17) is 0 Å². The molecule has 0 aliphatic heterocycles. The number of hydrogen-bond acceptors (Lipinski definition) is 6. The molecule has 0 amide bonds. The highest BCUT2D eigenvalue weighted by Gasteiger charge is 2.37. The first-order valence-electron chi connectivity index (χ1n) is 7.57. The molecule has 5 nitrogen and oxygen atoms in total. The van der Waals surface area contributed by atoms with Gasteiger partial charge in [0.15, 0.2) is 0 Å². The second-order valence-corrected chi connectivity index (χ2v) is 7.05. The van der Waals surface area contributed by atoms with Crippen molar-refractivity contribution in [1.29, 1.82) is 0 Å². The molecule has 1 saturated carbocycles. The number of anilines is 2. The third-order valence-electron chi connectivity index (χ3n) is 4.05. The van der Waals surface area contributed by atoms with Gasteiger partial charge in [-0.25, -0.2) is 4.98 Å². The van der Waals surface area contributed by atoms with Gasteiger partial charge in [0, 0.05) is 11.4 Å². The zero-order valence-electron chi connectivity index (χ0n) is 12.6. The first-order valence-corrected chi connectivity index (χ1v) is 8.38. The first-order chi connectivity index (χ1) is 10.2. The molecule has 0 radical (unpaired) electrons. The quantitative estimate of drug-likeness (QED) is 0.765. The van der Waals surface area contributed by atoms with Crippen LogP contribution in [0.5, 0.6) is 0 Å². The van der Waals surface area contributed by atoms with Crippen molar-refractivity contribution in [1.82, 2.24) is 9.97 Å². The van der Waals surface area contributed by atoms with Gasteiger partial charge in [-0.2, -0.15) is 4.98 Å². The standard InChI is InChI=1S/C15H22N4OS/c1-3-7-16-14-17-12(19-15(9-20)5-4-6-15)11-8-10(2)21-13(11)18-14/h8,20H,3-7,9H2,1-2H3,(H2,16,17,18,19). The molecule has 3 rings (SSSR count). The van der Waals surface area contributed by atoms with Crippen molar-refractivity contribution in [2.75, 3.05) is 23.8 Å². The molecule has 0 saturated heterocycles. The van der Waals surface area contributed by atoms with Gasteiger partial charge in [-0.05, 0) is 38.7 Å². The number of thiophene rings is 1. The van der Waals surface area contributed by atoms with Crippen LogP contribution >= 0.6 is 11.3 Å². The molecule has 1 aliphatic rings. The molecule has 0 unspecified atom stereocenters. The Hall–Kier alpha value is -1.40. The Morgan fingerprint density at radius 1 is 1.38 bits per heavy atom. The smallest absolute Gasteiger partial charge is 0.226 e. The summed E-state index contributed by atoms with van der Waals surface area (Å²) in [7, 11) is 0. The maximum Gasteiger partial charge on any atom is 0.226 e. The predicted octanol–water partition coefficient (Wildman–Crippen LogP) is 3.15. The minimum atomic E-state index is -0.195. The highest BCUT2D eigenvalue weighted by molar-refractivity contribution is 7.18. The Morgan fingerprint density at radius 2 is 2.19 bits per heavy atom. The van der Waals surface area contributed by atoms with E-state index in [0.717, 1.165) is 48.3 Å². The van der Waals surface area contributed by atoms with Gasteiger partial charge in [-0.15, -0.1) is 11.3 Å². The molecular formula is C15H22N4OS. The van der Waals surface area contributed by atoms with Crippen LogP contribution in [0.2, 0.25) is 0 Å². The molecule has 6 heteroatoms. The van der Waals surface area contributed by atoms with Gasteiger partial charge in [0.1, 0.15) is 10.6 Å². The average molecular weight is 306 g/mol. The molecule has 2 aromatic rings. The minimum Gasteiger partial charge on any atom is -0.394 e. The van der Waals surface area contributed by atoms with E-state index in [1.807, 2.05) is 0 Å². The fourth-order valence-corrected chi connectivity index (χ4v) is 3.51. The molecule has 3 N–H and O–H groups in total. The molecule has 114 valence electrons. The Morgan fingerprint density at radius 3 is 2.81 bits per heavy atom. The van der Waals surface area contributed by atoms with E-state index in [9.17, 15) is 5.11 Å². The monoisotopic (exact) mass is 306 g/mol. The van der Waals surface area contributed by atoms with Crippen LogP contribution in [0.1, 0.15) is 37.5 Å². The Balaban J connectivity index is 1.97. The molecule has 0 aromatic carbocycles. The lowest BCUT2D eigenvalue weighted by Gasteiger charge is -2.41. The molecule has 2 heterocycles.